The molecule has 6 heteroatoms. The molecule has 0 atom stereocenters. The fourth-order valence-corrected chi connectivity index (χ4v) is 1.56. The Morgan fingerprint density at radius 1 is 1.26 bits per heavy atom. The van der Waals surface area contributed by atoms with Crippen molar-refractivity contribution in [2.45, 2.75) is 6.92 Å². The maximum absolute atomic E-state index is 11.0. The highest BCUT2D eigenvalue weighted by molar-refractivity contribution is 5.65. The highest BCUT2D eigenvalue weighted by Gasteiger charge is 2.16. The first-order valence-corrected chi connectivity index (χ1v) is 5.81. The second-order valence-electron chi connectivity index (χ2n) is 3.70. The zero-order valence-electron chi connectivity index (χ0n) is 10.4. The normalized spacial score (nSPS) is 9.95. The molecule has 0 amide bonds. The van der Waals surface area contributed by atoms with Crippen LogP contribution in [0.1, 0.15) is 6.92 Å². The molecule has 1 heterocycles. The quantitative estimate of drug-likeness (QED) is 0.659. The van der Waals surface area contributed by atoms with Crippen molar-refractivity contribution in [2.24, 2.45) is 0 Å². The second kappa shape index (κ2) is 5.81. The number of nitrogens with zero attached hydrogens (tertiary/aromatic N) is 2. The number of hydrogen-bond donors (Lipinski definition) is 1. The maximum atomic E-state index is 11.0. The van der Waals surface area contributed by atoms with E-state index in [4.69, 9.17) is 4.74 Å². The lowest BCUT2D eigenvalue weighted by atomic mass is 10.3. The molecule has 2 rings (SSSR count). The molecular weight excluding hydrogens is 246 g/mol. The lowest BCUT2D eigenvalue weighted by molar-refractivity contribution is -0.384. The van der Waals surface area contributed by atoms with Crippen LogP contribution in [0.25, 0.3) is 0 Å². The minimum absolute atomic E-state index is 0.0905. The summed E-state index contributed by atoms with van der Waals surface area (Å²) >= 11 is 0. The minimum Gasteiger partial charge on any atom is -0.478 e. The topological polar surface area (TPSA) is 77.3 Å². The monoisotopic (exact) mass is 259 g/mol. The van der Waals surface area contributed by atoms with E-state index in [1.165, 1.54) is 12.1 Å². The third-order valence-corrected chi connectivity index (χ3v) is 2.37. The number of pyridine rings is 1. The van der Waals surface area contributed by atoms with Crippen molar-refractivity contribution < 1.29 is 9.66 Å². The zero-order chi connectivity index (χ0) is 13.7. The Hall–Kier alpha value is -2.63. The van der Waals surface area contributed by atoms with Gasteiger partial charge in [-0.25, -0.2) is 0 Å². The van der Waals surface area contributed by atoms with Crippen LogP contribution in [0.5, 0.6) is 5.88 Å². The van der Waals surface area contributed by atoms with E-state index in [9.17, 15) is 10.1 Å². The molecule has 0 aliphatic carbocycles. The Morgan fingerprint density at radius 3 is 2.63 bits per heavy atom. The van der Waals surface area contributed by atoms with Gasteiger partial charge in [0.2, 0.25) is 11.7 Å². The molecule has 0 saturated carbocycles. The van der Waals surface area contributed by atoms with Crippen LogP contribution in [0.3, 0.4) is 0 Å². The highest BCUT2D eigenvalue weighted by Crippen LogP contribution is 2.27. The lowest BCUT2D eigenvalue weighted by Gasteiger charge is -2.08. The van der Waals surface area contributed by atoms with E-state index in [2.05, 4.69) is 10.3 Å². The van der Waals surface area contributed by atoms with Gasteiger partial charge in [-0.2, -0.15) is 4.98 Å². The van der Waals surface area contributed by atoms with Crippen LogP contribution in [-0.4, -0.2) is 16.5 Å². The van der Waals surface area contributed by atoms with E-state index in [-0.39, 0.29) is 11.5 Å². The van der Waals surface area contributed by atoms with Gasteiger partial charge in [-0.1, -0.05) is 18.2 Å². The van der Waals surface area contributed by atoms with Crippen molar-refractivity contribution in [2.75, 3.05) is 11.9 Å². The average molecular weight is 259 g/mol. The van der Waals surface area contributed by atoms with Gasteiger partial charge in [0.25, 0.3) is 0 Å². The fraction of sp³-hybridized carbons (Fsp3) is 0.154. The number of aromatic nitrogens is 1. The smallest absolute Gasteiger partial charge is 0.311 e. The Kier molecular flexibility index (Phi) is 3.92. The summed E-state index contributed by atoms with van der Waals surface area (Å²) in [4.78, 5) is 14.6. The number of anilines is 2. The van der Waals surface area contributed by atoms with E-state index < -0.39 is 4.92 Å². The van der Waals surface area contributed by atoms with Crippen LogP contribution in [0.15, 0.2) is 42.5 Å². The third kappa shape index (κ3) is 3.19. The SMILES string of the molecule is CCOc1ccc([N+](=O)[O-])c(Nc2ccccc2)n1. The molecule has 19 heavy (non-hydrogen) atoms. The number of nitro groups is 1. The molecular formula is C13H13N3O3. The van der Waals surface area contributed by atoms with Gasteiger partial charge >= 0.3 is 5.69 Å². The predicted octanol–water partition coefficient (Wildman–Crippen LogP) is 3.13. The summed E-state index contributed by atoms with van der Waals surface area (Å²) in [5.74, 6) is 0.522. The summed E-state index contributed by atoms with van der Waals surface area (Å²) in [6.07, 6.45) is 0. The number of rotatable bonds is 5. The van der Waals surface area contributed by atoms with Crippen molar-refractivity contribution >= 4 is 17.2 Å². The summed E-state index contributed by atoms with van der Waals surface area (Å²) < 4.78 is 5.25. The minimum atomic E-state index is -0.478. The maximum Gasteiger partial charge on any atom is 0.311 e. The molecule has 0 bridgehead atoms. The number of benzene rings is 1. The van der Waals surface area contributed by atoms with Crippen molar-refractivity contribution in [3.8, 4) is 5.88 Å². The highest BCUT2D eigenvalue weighted by atomic mass is 16.6. The molecule has 0 saturated heterocycles. The molecule has 0 radical (unpaired) electrons. The van der Waals surface area contributed by atoms with Gasteiger partial charge in [-0.15, -0.1) is 0 Å². The van der Waals surface area contributed by atoms with E-state index in [0.717, 1.165) is 5.69 Å². The molecule has 0 fully saturated rings. The van der Waals surface area contributed by atoms with Crippen LogP contribution >= 0.6 is 0 Å². The molecule has 0 unspecified atom stereocenters. The molecule has 0 aliphatic rings. The Bertz CT molecular complexity index is 573. The van der Waals surface area contributed by atoms with E-state index in [0.29, 0.717) is 12.5 Å². The summed E-state index contributed by atoms with van der Waals surface area (Å²) in [7, 11) is 0. The van der Waals surface area contributed by atoms with Crippen LogP contribution in [0, 0.1) is 10.1 Å². The Morgan fingerprint density at radius 2 is 2.00 bits per heavy atom. The van der Waals surface area contributed by atoms with Gasteiger partial charge in [0.15, 0.2) is 0 Å². The van der Waals surface area contributed by atoms with Gasteiger partial charge in [-0.3, -0.25) is 10.1 Å². The standard InChI is InChI=1S/C13H13N3O3/c1-2-19-12-9-8-11(16(17)18)13(15-12)14-10-6-4-3-5-7-10/h3-9H,2H2,1H3,(H,14,15). The lowest BCUT2D eigenvalue weighted by Crippen LogP contribution is -2.02. The Labute approximate surface area is 110 Å². The van der Waals surface area contributed by atoms with Crippen LogP contribution in [0.4, 0.5) is 17.2 Å². The first-order valence-electron chi connectivity index (χ1n) is 5.81. The van der Waals surface area contributed by atoms with Crippen molar-refractivity contribution in [1.82, 2.24) is 4.98 Å². The molecule has 6 nitrogen and oxygen atoms in total. The average Bonchev–Trinajstić information content (AvgIpc) is 2.40. The molecule has 2 aromatic rings. The molecule has 0 aliphatic heterocycles. The first-order chi connectivity index (χ1) is 9.20. The van der Waals surface area contributed by atoms with Gasteiger partial charge in [0.05, 0.1) is 11.5 Å². The van der Waals surface area contributed by atoms with Crippen molar-refractivity contribution in [1.29, 1.82) is 0 Å². The molecule has 1 aromatic carbocycles. The molecule has 1 aromatic heterocycles. The molecule has 98 valence electrons. The summed E-state index contributed by atoms with van der Waals surface area (Å²) in [6.45, 7) is 2.28. The van der Waals surface area contributed by atoms with Crippen LogP contribution in [0.2, 0.25) is 0 Å². The van der Waals surface area contributed by atoms with Gasteiger partial charge in [-0.05, 0) is 19.1 Å². The van der Waals surface area contributed by atoms with Gasteiger partial charge < -0.3 is 10.1 Å². The fourth-order valence-electron chi connectivity index (χ4n) is 1.56. The second-order valence-corrected chi connectivity index (χ2v) is 3.70. The Balaban J connectivity index is 2.35. The largest absolute Gasteiger partial charge is 0.478 e. The number of nitrogens with one attached hydrogen (secondary N) is 1. The van der Waals surface area contributed by atoms with Crippen LogP contribution < -0.4 is 10.1 Å². The van der Waals surface area contributed by atoms with E-state index >= 15 is 0 Å². The first kappa shape index (κ1) is 12.8. The number of hydrogen-bond acceptors (Lipinski definition) is 5. The third-order valence-electron chi connectivity index (χ3n) is 2.37. The number of ether oxygens (including phenoxy) is 1. The van der Waals surface area contributed by atoms with E-state index in [1.807, 2.05) is 25.1 Å². The van der Waals surface area contributed by atoms with Gasteiger partial charge in [0.1, 0.15) is 0 Å². The predicted molar refractivity (Wildman–Crippen MR) is 71.8 cm³/mol. The molecule has 1 N–H and O–H groups in total. The van der Waals surface area contributed by atoms with Crippen molar-refractivity contribution in [3.05, 3.63) is 52.6 Å². The number of para-hydroxylation sites is 1. The van der Waals surface area contributed by atoms with Crippen molar-refractivity contribution in [3.63, 3.8) is 0 Å². The summed E-state index contributed by atoms with van der Waals surface area (Å²) in [6, 6.07) is 12.0. The summed E-state index contributed by atoms with van der Waals surface area (Å²) in [5.41, 5.74) is 0.638. The summed E-state index contributed by atoms with van der Waals surface area (Å²) in [5, 5.41) is 13.9. The van der Waals surface area contributed by atoms with Gasteiger partial charge in [0, 0.05) is 17.8 Å². The van der Waals surface area contributed by atoms with E-state index in [1.54, 1.807) is 12.1 Å². The van der Waals surface area contributed by atoms with Crippen LogP contribution in [-0.2, 0) is 0 Å². The zero-order valence-corrected chi connectivity index (χ0v) is 10.4. The molecule has 0 spiro atoms.